The molecular weight excluding hydrogens is 418 g/mol. The molecule has 166 valence electrons. The quantitative estimate of drug-likeness (QED) is 0.418. The molecule has 32 heavy (non-hydrogen) atoms. The summed E-state index contributed by atoms with van der Waals surface area (Å²) in [5, 5.41) is 29.3. The maximum absolute atomic E-state index is 12.8. The molecular formula is C21H21N5O6. The molecule has 0 aliphatic rings. The number of anilines is 1. The van der Waals surface area contributed by atoms with Crippen LogP contribution in [0.2, 0.25) is 0 Å². The fourth-order valence-corrected chi connectivity index (χ4v) is 3.29. The van der Waals surface area contributed by atoms with Crippen molar-refractivity contribution in [3.8, 4) is 11.5 Å². The van der Waals surface area contributed by atoms with Crippen molar-refractivity contribution in [1.29, 1.82) is 0 Å². The van der Waals surface area contributed by atoms with Crippen molar-refractivity contribution >= 4 is 23.0 Å². The van der Waals surface area contributed by atoms with E-state index in [9.17, 15) is 25.0 Å². The Morgan fingerprint density at radius 2 is 1.78 bits per heavy atom. The average molecular weight is 439 g/mol. The van der Waals surface area contributed by atoms with Gasteiger partial charge in [-0.1, -0.05) is 12.1 Å². The fraction of sp³-hybridized carbons (Fsp3) is 0.238. The van der Waals surface area contributed by atoms with Crippen LogP contribution in [0.15, 0.2) is 42.5 Å². The topological polar surface area (TPSA) is 142 Å². The van der Waals surface area contributed by atoms with Crippen LogP contribution in [0.4, 0.5) is 17.1 Å². The first-order valence-electron chi connectivity index (χ1n) is 9.61. The molecule has 2 aromatic carbocycles. The van der Waals surface area contributed by atoms with Gasteiger partial charge in [0, 0.05) is 12.1 Å². The van der Waals surface area contributed by atoms with E-state index in [-0.39, 0.29) is 34.2 Å². The number of carbonyl (C=O) groups excluding carboxylic acids is 1. The van der Waals surface area contributed by atoms with Gasteiger partial charge < -0.3 is 10.1 Å². The normalized spacial score (nSPS) is 11.6. The first-order chi connectivity index (χ1) is 15.1. The van der Waals surface area contributed by atoms with Gasteiger partial charge in [-0.05, 0) is 45.4 Å². The van der Waals surface area contributed by atoms with Gasteiger partial charge in [0.1, 0.15) is 28.9 Å². The van der Waals surface area contributed by atoms with Crippen molar-refractivity contribution in [3.05, 3.63) is 79.6 Å². The molecule has 11 heteroatoms. The minimum absolute atomic E-state index is 0.148. The third-order valence-corrected chi connectivity index (χ3v) is 4.81. The van der Waals surface area contributed by atoms with Crippen LogP contribution in [-0.2, 0) is 4.79 Å². The van der Waals surface area contributed by atoms with Gasteiger partial charge >= 0.3 is 5.69 Å². The number of benzene rings is 2. The zero-order valence-corrected chi connectivity index (χ0v) is 17.9. The summed E-state index contributed by atoms with van der Waals surface area (Å²) in [6.45, 7) is 6.40. The van der Waals surface area contributed by atoms with Crippen LogP contribution in [0.25, 0.3) is 0 Å². The summed E-state index contributed by atoms with van der Waals surface area (Å²) in [6.07, 6.45) is 0. The molecule has 0 aliphatic carbocycles. The number of rotatable bonds is 7. The summed E-state index contributed by atoms with van der Waals surface area (Å²) in [5.41, 5.74) is 1.10. The Morgan fingerprint density at radius 1 is 1.06 bits per heavy atom. The SMILES string of the molecule is Cc1cccc(Oc2cc(NC(=O)C(C)n3nc(C)c([N+](=O)[O-])c3C)cc([N+](=O)[O-])c2)c1. The molecule has 0 aliphatic heterocycles. The van der Waals surface area contributed by atoms with Gasteiger partial charge in [-0.15, -0.1) is 0 Å². The van der Waals surface area contributed by atoms with Gasteiger partial charge in [0.15, 0.2) is 0 Å². The maximum atomic E-state index is 12.8. The number of hydrogen-bond acceptors (Lipinski definition) is 7. The van der Waals surface area contributed by atoms with E-state index in [4.69, 9.17) is 4.74 Å². The number of carbonyl (C=O) groups is 1. The largest absolute Gasteiger partial charge is 0.457 e. The number of nitrogens with zero attached hydrogens (tertiary/aromatic N) is 4. The van der Waals surface area contributed by atoms with E-state index in [0.717, 1.165) is 5.56 Å². The van der Waals surface area contributed by atoms with Crippen molar-refractivity contribution in [2.24, 2.45) is 0 Å². The molecule has 1 N–H and O–H groups in total. The average Bonchev–Trinajstić information content (AvgIpc) is 3.01. The number of ether oxygens (including phenoxy) is 1. The molecule has 3 rings (SSSR count). The molecule has 0 bridgehead atoms. The summed E-state index contributed by atoms with van der Waals surface area (Å²) in [7, 11) is 0. The lowest BCUT2D eigenvalue weighted by Crippen LogP contribution is -2.25. The van der Waals surface area contributed by atoms with E-state index >= 15 is 0 Å². The van der Waals surface area contributed by atoms with Crippen molar-refractivity contribution < 1.29 is 19.4 Å². The standard InChI is InChI=1S/C21H21N5O6/c1-12-6-5-7-18(8-12)32-19-10-16(9-17(11-19)25(28)29)22-21(27)15(4)24-14(3)20(26(30)31)13(2)23-24/h5-11,15H,1-4H3,(H,22,27). The van der Waals surface area contributed by atoms with E-state index in [1.54, 1.807) is 18.2 Å². The highest BCUT2D eigenvalue weighted by atomic mass is 16.6. The molecule has 3 aromatic rings. The molecule has 0 spiro atoms. The first-order valence-corrected chi connectivity index (χ1v) is 9.61. The third-order valence-electron chi connectivity index (χ3n) is 4.81. The Labute approximate surface area is 182 Å². The summed E-state index contributed by atoms with van der Waals surface area (Å²) in [6, 6.07) is 10.2. The van der Waals surface area contributed by atoms with Crippen LogP contribution < -0.4 is 10.1 Å². The van der Waals surface area contributed by atoms with Crippen molar-refractivity contribution in [1.82, 2.24) is 9.78 Å². The Bertz CT molecular complexity index is 1220. The molecule has 0 fully saturated rings. The van der Waals surface area contributed by atoms with Crippen LogP contribution >= 0.6 is 0 Å². The lowest BCUT2D eigenvalue weighted by molar-refractivity contribution is -0.386. The van der Waals surface area contributed by atoms with Crippen LogP contribution in [0.5, 0.6) is 11.5 Å². The van der Waals surface area contributed by atoms with Gasteiger partial charge in [0.05, 0.1) is 21.6 Å². The number of hydrogen-bond donors (Lipinski definition) is 1. The molecule has 1 atom stereocenters. The maximum Gasteiger partial charge on any atom is 0.312 e. The minimum atomic E-state index is -0.900. The second-order valence-corrected chi connectivity index (χ2v) is 7.28. The lowest BCUT2D eigenvalue weighted by Gasteiger charge is -2.15. The second-order valence-electron chi connectivity index (χ2n) is 7.28. The highest BCUT2D eigenvalue weighted by Gasteiger charge is 2.27. The summed E-state index contributed by atoms with van der Waals surface area (Å²) < 4.78 is 6.99. The van der Waals surface area contributed by atoms with Crippen molar-refractivity contribution in [2.75, 3.05) is 5.32 Å². The molecule has 0 saturated carbocycles. The number of amides is 1. The summed E-state index contributed by atoms with van der Waals surface area (Å²) >= 11 is 0. The third kappa shape index (κ3) is 4.72. The number of nitrogens with one attached hydrogen (secondary N) is 1. The number of non-ortho nitro benzene ring substituents is 1. The number of nitro groups is 2. The second kappa shape index (κ2) is 8.84. The zero-order valence-electron chi connectivity index (χ0n) is 17.9. The molecule has 0 radical (unpaired) electrons. The number of aromatic nitrogens is 2. The predicted octanol–water partition coefficient (Wildman–Crippen LogP) is 4.62. The molecule has 1 unspecified atom stereocenters. The Kier molecular flexibility index (Phi) is 6.19. The summed E-state index contributed by atoms with van der Waals surface area (Å²) in [4.78, 5) is 34.2. The number of nitro benzene ring substituents is 1. The van der Waals surface area contributed by atoms with Crippen molar-refractivity contribution in [3.63, 3.8) is 0 Å². The Hall–Kier alpha value is -4.28. The minimum Gasteiger partial charge on any atom is -0.457 e. The van der Waals surface area contributed by atoms with E-state index in [1.807, 2.05) is 13.0 Å². The highest BCUT2D eigenvalue weighted by Crippen LogP contribution is 2.31. The molecule has 0 saturated heterocycles. The van der Waals surface area contributed by atoms with E-state index in [1.165, 1.54) is 43.7 Å². The van der Waals surface area contributed by atoms with Crippen molar-refractivity contribution in [2.45, 2.75) is 33.7 Å². The van der Waals surface area contributed by atoms with Crippen LogP contribution in [0, 0.1) is 41.0 Å². The molecule has 1 aromatic heterocycles. The number of aryl methyl sites for hydroxylation is 2. The molecule has 1 amide bonds. The Balaban J connectivity index is 1.88. The van der Waals surface area contributed by atoms with E-state index in [0.29, 0.717) is 5.75 Å². The lowest BCUT2D eigenvalue weighted by atomic mass is 10.2. The molecule has 1 heterocycles. The van der Waals surface area contributed by atoms with E-state index in [2.05, 4.69) is 10.4 Å². The van der Waals surface area contributed by atoms with Gasteiger partial charge in [-0.2, -0.15) is 5.10 Å². The fourth-order valence-electron chi connectivity index (χ4n) is 3.29. The first kappa shape index (κ1) is 22.4. The van der Waals surface area contributed by atoms with E-state index < -0.39 is 21.8 Å². The van der Waals surface area contributed by atoms with Crippen LogP contribution in [-0.4, -0.2) is 25.5 Å². The summed E-state index contributed by atoms with van der Waals surface area (Å²) in [5.74, 6) is 0.119. The molecule has 11 nitrogen and oxygen atoms in total. The highest BCUT2D eigenvalue weighted by molar-refractivity contribution is 5.94. The van der Waals surface area contributed by atoms with Gasteiger partial charge in [-0.3, -0.25) is 29.7 Å². The smallest absolute Gasteiger partial charge is 0.312 e. The predicted molar refractivity (Wildman–Crippen MR) is 116 cm³/mol. The van der Waals surface area contributed by atoms with Gasteiger partial charge in [0.2, 0.25) is 5.91 Å². The van der Waals surface area contributed by atoms with Crippen LogP contribution in [0.1, 0.15) is 29.9 Å². The van der Waals surface area contributed by atoms with Crippen LogP contribution in [0.3, 0.4) is 0 Å². The van der Waals surface area contributed by atoms with Gasteiger partial charge in [-0.25, -0.2) is 0 Å². The van der Waals surface area contributed by atoms with Gasteiger partial charge in [0.25, 0.3) is 5.69 Å². The Morgan fingerprint density at radius 3 is 2.38 bits per heavy atom. The monoisotopic (exact) mass is 439 g/mol. The zero-order chi connectivity index (χ0) is 23.6.